The Morgan fingerprint density at radius 2 is 1.76 bits per heavy atom. The summed E-state index contributed by atoms with van der Waals surface area (Å²) in [5.41, 5.74) is 0.528. The monoisotopic (exact) mass is 459 g/mol. The number of rotatable bonds is 7. The third-order valence-corrected chi connectivity index (χ3v) is 6.39. The van der Waals surface area contributed by atoms with Crippen LogP contribution in [0.25, 0.3) is 10.8 Å². The molecule has 3 aromatic carbocycles. The molecule has 166 valence electrons. The molecule has 4 rings (SSSR count). The lowest BCUT2D eigenvalue weighted by Gasteiger charge is -2.21. The molecule has 4 aromatic rings. The standard InChI is InChI=1S/C27H22FNO3S/c1-17(2)25(26-23-12-11-20(28)13-19(23)16-33-26)27(30)32-24(15-29)18-7-6-10-22(14-18)31-21-8-4-3-5-9-21/h3-14,16-17,24-25H,1-2H3. The second-order valence-electron chi connectivity index (χ2n) is 7.99. The highest BCUT2D eigenvalue weighted by molar-refractivity contribution is 7.11. The number of carbonyl (C=O) groups is 1. The van der Waals surface area contributed by atoms with Crippen LogP contribution in [0.2, 0.25) is 0 Å². The molecule has 0 N–H and O–H groups in total. The fraction of sp³-hybridized carbons (Fsp3) is 0.185. The number of carbonyl (C=O) groups excluding carboxylic acids is 1. The van der Waals surface area contributed by atoms with E-state index in [4.69, 9.17) is 9.47 Å². The minimum atomic E-state index is -1.08. The van der Waals surface area contributed by atoms with Crippen molar-refractivity contribution >= 4 is 28.1 Å². The molecule has 0 amide bonds. The van der Waals surface area contributed by atoms with Crippen molar-refractivity contribution in [2.24, 2.45) is 5.92 Å². The Morgan fingerprint density at radius 3 is 2.48 bits per heavy atom. The zero-order chi connectivity index (χ0) is 23.4. The van der Waals surface area contributed by atoms with Crippen LogP contribution in [-0.2, 0) is 9.53 Å². The predicted octanol–water partition coefficient (Wildman–Crippen LogP) is 7.38. The average Bonchev–Trinajstić information content (AvgIpc) is 3.20. The second kappa shape index (κ2) is 9.85. The highest BCUT2D eigenvalue weighted by Crippen LogP contribution is 2.38. The summed E-state index contributed by atoms with van der Waals surface area (Å²) in [6, 6.07) is 22.9. The quantitative estimate of drug-likeness (QED) is 0.271. The van der Waals surface area contributed by atoms with Gasteiger partial charge in [-0.05, 0) is 58.5 Å². The number of halogens is 1. The summed E-state index contributed by atoms with van der Waals surface area (Å²) >= 11 is 1.40. The first-order valence-electron chi connectivity index (χ1n) is 10.6. The Bertz CT molecular complexity index is 1310. The maximum Gasteiger partial charge on any atom is 0.316 e. The number of nitrogens with zero attached hydrogens (tertiary/aromatic N) is 1. The summed E-state index contributed by atoms with van der Waals surface area (Å²) in [7, 11) is 0. The zero-order valence-electron chi connectivity index (χ0n) is 18.2. The van der Waals surface area contributed by atoms with Crippen molar-refractivity contribution in [1.29, 1.82) is 5.26 Å². The van der Waals surface area contributed by atoms with E-state index >= 15 is 0 Å². The molecule has 6 heteroatoms. The third kappa shape index (κ3) is 5.05. The molecule has 0 saturated heterocycles. The van der Waals surface area contributed by atoms with Gasteiger partial charge in [0.15, 0.2) is 0 Å². The number of hydrogen-bond acceptors (Lipinski definition) is 5. The molecule has 0 radical (unpaired) electrons. The van der Waals surface area contributed by atoms with Gasteiger partial charge in [0.2, 0.25) is 6.10 Å². The van der Waals surface area contributed by atoms with Crippen molar-refractivity contribution in [2.45, 2.75) is 25.9 Å². The van der Waals surface area contributed by atoms with Gasteiger partial charge in [-0.3, -0.25) is 4.79 Å². The molecule has 33 heavy (non-hydrogen) atoms. The van der Waals surface area contributed by atoms with E-state index in [0.717, 1.165) is 15.6 Å². The smallest absolute Gasteiger partial charge is 0.316 e. The Balaban J connectivity index is 1.57. The van der Waals surface area contributed by atoms with Gasteiger partial charge in [-0.1, -0.05) is 50.2 Å². The first-order valence-corrected chi connectivity index (χ1v) is 11.4. The SMILES string of the molecule is CC(C)C(C(=O)OC(C#N)c1cccc(Oc2ccccc2)c1)c1scc2cc(F)ccc12. The summed E-state index contributed by atoms with van der Waals surface area (Å²) < 4.78 is 25.1. The first kappa shape index (κ1) is 22.5. The van der Waals surface area contributed by atoms with E-state index in [1.165, 1.54) is 23.5 Å². The van der Waals surface area contributed by atoms with Gasteiger partial charge in [0, 0.05) is 10.4 Å². The van der Waals surface area contributed by atoms with Crippen LogP contribution in [-0.4, -0.2) is 5.97 Å². The van der Waals surface area contributed by atoms with Crippen molar-refractivity contribution in [2.75, 3.05) is 0 Å². The van der Waals surface area contributed by atoms with Crippen molar-refractivity contribution in [3.8, 4) is 17.6 Å². The van der Waals surface area contributed by atoms with E-state index < -0.39 is 18.0 Å². The van der Waals surface area contributed by atoms with Gasteiger partial charge in [0.1, 0.15) is 23.4 Å². The van der Waals surface area contributed by atoms with Crippen LogP contribution in [0.3, 0.4) is 0 Å². The van der Waals surface area contributed by atoms with E-state index in [1.807, 2.05) is 49.6 Å². The van der Waals surface area contributed by atoms with E-state index in [1.54, 1.807) is 30.3 Å². The molecule has 2 atom stereocenters. The molecule has 0 saturated carbocycles. The fourth-order valence-electron chi connectivity index (χ4n) is 3.69. The largest absolute Gasteiger partial charge is 0.457 e. The van der Waals surface area contributed by atoms with Crippen molar-refractivity contribution in [1.82, 2.24) is 0 Å². The molecule has 4 nitrogen and oxygen atoms in total. The first-order chi connectivity index (χ1) is 16.0. The van der Waals surface area contributed by atoms with Crippen LogP contribution < -0.4 is 4.74 Å². The van der Waals surface area contributed by atoms with Crippen LogP contribution in [0.4, 0.5) is 4.39 Å². The van der Waals surface area contributed by atoms with Crippen LogP contribution in [0, 0.1) is 23.1 Å². The van der Waals surface area contributed by atoms with Crippen molar-refractivity contribution < 1.29 is 18.7 Å². The lowest BCUT2D eigenvalue weighted by molar-refractivity contribution is -0.149. The summed E-state index contributed by atoms with van der Waals surface area (Å²) in [6.07, 6.45) is -1.08. The van der Waals surface area contributed by atoms with Crippen LogP contribution in [0.1, 0.15) is 36.3 Å². The molecule has 0 aliphatic heterocycles. The van der Waals surface area contributed by atoms with Gasteiger partial charge < -0.3 is 9.47 Å². The second-order valence-corrected chi connectivity index (χ2v) is 8.90. The van der Waals surface area contributed by atoms with Crippen LogP contribution in [0.15, 0.2) is 78.2 Å². The Morgan fingerprint density at radius 1 is 1.00 bits per heavy atom. The number of benzene rings is 3. The average molecular weight is 460 g/mol. The molecular formula is C27H22FNO3S. The van der Waals surface area contributed by atoms with Crippen molar-refractivity contribution in [3.05, 3.63) is 94.4 Å². The van der Waals surface area contributed by atoms with Crippen LogP contribution >= 0.6 is 11.3 Å². The number of ether oxygens (including phenoxy) is 2. The minimum Gasteiger partial charge on any atom is -0.457 e. The molecule has 0 aliphatic rings. The van der Waals surface area contributed by atoms with Crippen LogP contribution in [0.5, 0.6) is 11.5 Å². The van der Waals surface area contributed by atoms with Gasteiger partial charge in [-0.15, -0.1) is 11.3 Å². The molecule has 1 heterocycles. The number of thiophene rings is 1. The topological polar surface area (TPSA) is 59.3 Å². The molecule has 0 spiro atoms. The Labute approximate surface area is 195 Å². The molecule has 0 bridgehead atoms. The van der Waals surface area contributed by atoms with Gasteiger partial charge >= 0.3 is 5.97 Å². The summed E-state index contributed by atoms with van der Waals surface area (Å²) in [5, 5.41) is 13.2. The number of fused-ring (bicyclic) bond motifs is 1. The number of hydrogen-bond donors (Lipinski definition) is 0. The molecule has 0 fully saturated rings. The fourth-order valence-corrected chi connectivity index (χ4v) is 4.97. The highest BCUT2D eigenvalue weighted by Gasteiger charge is 2.31. The van der Waals surface area contributed by atoms with E-state index in [0.29, 0.717) is 17.1 Å². The molecule has 1 aromatic heterocycles. The van der Waals surface area contributed by atoms with E-state index in [2.05, 4.69) is 6.07 Å². The third-order valence-electron chi connectivity index (χ3n) is 5.29. The summed E-state index contributed by atoms with van der Waals surface area (Å²) in [4.78, 5) is 14.0. The number of para-hydroxylation sites is 1. The number of esters is 1. The van der Waals surface area contributed by atoms with E-state index in [-0.39, 0.29) is 11.7 Å². The molecular weight excluding hydrogens is 437 g/mol. The number of nitriles is 1. The van der Waals surface area contributed by atoms with Gasteiger partial charge in [0.25, 0.3) is 0 Å². The lowest BCUT2D eigenvalue weighted by atomic mass is 9.92. The summed E-state index contributed by atoms with van der Waals surface area (Å²) in [5.74, 6) is -0.242. The molecule has 0 aliphatic carbocycles. The summed E-state index contributed by atoms with van der Waals surface area (Å²) in [6.45, 7) is 3.85. The zero-order valence-corrected chi connectivity index (χ0v) is 19.0. The van der Waals surface area contributed by atoms with E-state index in [9.17, 15) is 14.4 Å². The lowest BCUT2D eigenvalue weighted by Crippen LogP contribution is -2.22. The maximum atomic E-state index is 13.6. The minimum absolute atomic E-state index is 0.0727. The Hall–Kier alpha value is -3.69. The van der Waals surface area contributed by atoms with Gasteiger partial charge in [-0.2, -0.15) is 5.26 Å². The molecule has 2 unspecified atom stereocenters. The van der Waals surface area contributed by atoms with Crippen molar-refractivity contribution in [3.63, 3.8) is 0 Å². The van der Waals surface area contributed by atoms with Gasteiger partial charge in [0.05, 0.1) is 5.92 Å². The highest BCUT2D eigenvalue weighted by atomic mass is 32.1. The predicted molar refractivity (Wildman–Crippen MR) is 127 cm³/mol. The maximum absolute atomic E-state index is 13.6. The normalized spacial score (nSPS) is 12.8. The Kier molecular flexibility index (Phi) is 6.71. The van der Waals surface area contributed by atoms with Gasteiger partial charge in [-0.25, -0.2) is 4.39 Å².